The molecule has 0 saturated carbocycles. The number of halogens is 1. The molecule has 2 rings (SSSR count). The summed E-state index contributed by atoms with van der Waals surface area (Å²) in [5.41, 5.74) is 0.732. The Hall–Kier alpha value is -1.24. The van der Waals surface area contributed by atoms with Crippen molar-refractivity contribution in [3.8, 4) is 0 Å². The van der Waals surface area contributed by atoms with Crippen LogP contribution in [0.25, 0.3) is 0 Å². The maximum Gasteiger partial charge on any atom is 0.243 e. The lowest BCUT2D eigenvalue weighted by Gasteiger charge is -2.20. The van der Waals surface area contributed by atoms with Gasteiger partial charge in [-0.25, -0.2) is 8.42 Å². The van der Waals surface area contributed by atoms with Gasteiger partial charge in [-0.2, -0.15) is 4.31 Å². The molecule has 0 atom stereocenters. The minimum Gasteiger partial charge on any atom is -0.260 e. The third-order valence-electron chi connectivity index (χ3n) is 2.87. The van der Waals surface area contributed by atoms with Gasteiger partial charge in [0.25, 0.3) is 0 Å². The predicted octanol–water partition coefficient (Wildman–Crippen LogP) is 3.05. The number of rotatable bonds is 5. The van der Waals surface area contributed by atoms with Crippen LogP contribution in [0.3, 0.4) is 0 Å². The topological polar surface area (TPSA) is 50.3 Å². The van der Waals surface area contributed by atoms with Crippen molar-refractivity contribution in [2.75, 3.05) is 6.54 Å². The second-order valence-electron chi connectivity index (χ2n) is 4.21. The lowest BCUT2D eigenvalue weighted by Crippen LogP contribution is -2.30. The molecule has 2 aromatic rings. The third-order valence-corrected chi connectivity index (χ3v) is 5.33. The lowest BCUT2D eigenvalue weighted by atomic mass is 10.3. The van der Waals surface area contributed by atoms with Crippen LogP contribution in [0.4, 0.5) is 0 Å². The summed E-state index contributed by atoms with van der Waals surface area (Å²) in [6.45, 7) is 2.49. The first-order chi connectivity index (χ1) is 9.54. The molecule has 0 bridgehead atoms. The Kier molecular flexibility index (Phi) is 4.91. The molecule has 1 aromatic heterocycles. The van der Waals surface area contributed by atoms with Crippen LogP contribution in [0.5, 0.6) is 0 Å². The highest BCUT2D eigenvalue weighted by Crippen LogP contribution is 2.20. The van der Waals surface area contributed by atoms with Crippen molar-refractivity contribution in [3.05, 3.63) is 58.8 Å². The van der Waals surface area contributed by atoms with Crippen LogP contribution in [-0.2, 0) is 16.6 Å². The Morgan fingerprint density at radius 2 is 1.85 bits per heavy atom. The highest BCUT2D eigenvalue weighted by molar-refractivity contribution is 9.10. The average molecular weight is 355 g/mol. The number of hydrogen-bond donors (Lipinski definition) is 0. The second kappa shape index (κ2) is 6.47. The summed E-state index contributed by atoms with van der Waals surface area (Å²) in [6, 6.07) is 12.1. The molecule has 0 N–H and O–H groups in total. The molecule has 6 heteroatoms. The highest BCUT2D eigenvalue weighted by atomic mass is 79.9. The van der Waals surface area contributed by atoms with E-state index in [0.717, 1.165) is 10.2 Å². The normalized spacial score (nSPS) is 11.8. The fraction of sp³-hybridized carbons (Fsp3) is 0.214. The molecule has 0 spiro atoms. The molecule has 0 saturated heterocycles. The summed E-state index contributed by atoms with van der Waals surface area (Å²) in [5, 5.41) is 0. The van der Waals surface area contributed by atoms with E-state index in [2.05, 4.69) is 20.9 Å². The van der Waals surface area contributed by atoms with E-state index in [0.29, 0.717) is 11.4 Å². The average Bonchev–Trinajstić information content (AvgIpc) is 2.46. The van der Waals surface area contributed by atoms with E-state index in [1.165, 1.54) is 4.31 Å². The molecule has 0 unspecified atom stereocenters. The molecule has 1 heterocycles. The molecule has 0 aliphatic rings. The summed E-state index contributed by atoms with van der Waals surface area (Å²) in [5.74, 6) is 0. The van der Waals surface area contributed by atoms with E-state index >= 15 is 0 Å². The van der Waals surface area contributed by atoms with Gasteiger partial charge in [0.1, 0.15) is 0 Å². The zero-order valence-corrected chi connectivity index (χ0v) is 13.4. The Balaban J connectivity index is 2.28. The van der Waals surface area contributed by atoms with E-state index in [9.17, 15) is 8.42 Å². The molecule has 0 aliphatic carbocycles. The molecule has 1 aromatic carbocycles. The highest BCUT2D eigenvalue weighted by Gasteiger charge is 2.23. The minimum absolute atomic E-state index is 0.274. The van der Waals surface area contributed by atoms with Crippen LogP contribution in [0.15, 0.2) is 58.0 Å². The number of sulfonamides is 1. The van der Waals surface area contributed by atoms with Crippen LogP contribution in [0.2, 0.25) is 0 Å². The van der Waals surface area contributed by atoms with Crippen molar-refractivity contribution in [1.82, 2.24) is 9.29 Å². The molecule has 106 valence electrons. The number of pyridine rings is 1. The van der Waals surface area contributed by atoms with Gasteiger partial charge in [-0.15, -0.1) is 0 Å². The first-order valence-corrected chi connectivity index (χ1v) is 8.43. The summed E-state index contributed by atoms with van der Waals surface area (Å²) in [7, 11) is -3.49. The fourth-order valence-electron chi connectivity index (χ4n) is 1.79. The van der Waals surface area contributed by atoms with E-state index in [-0.39, 0.29) is 6.54 Å². The Morgan fingerprint density at radius 3 is 2.40 bits per heavy atom. The SMILES string of the molecule is CCN(Cc1ccccn1)S(=O)(=O)c1ccc(Br)cc1. The molecular formula is C14H15BrN2O2S. The monoisotopic (exact) mass is 354 g/mol. The molecule has 0 aliphatic heterocycles. The predicted molar refractivity (Wildman–Crippen MR) is 81.6 cm³/mol. The Morgan fingerprint density at radius 1 is 1.15 bits per heavy atom. The van der Waals surface area contributed by atoms with Crippen molar-refractivity contribution in [1.29, 1.82) is 0 Å². The van der Waals surface area contributed by atoms with Gasteiger partial charge < -0.3 is 0 Å². The molecule has 20 heavy (non-hydrogen) atoms. The summed E-state index contributed by atoms with van der Waals surface area (Å²) in [4.78, 5) is 4.46. The van der Waals surface area contributed by atoms with Crippen molar-refractivity contribution < 1.29 is 8.42 Å². The zero-order chi connectivity index (χ0) is 14.6. The number of benzene rings is 1. The second-order valence-corrected chi connectivity index (χ2v) is 7.06. The van der Waals surface area contributed by atoms with Crippen LogP contribution < -0.4 is 0 Å². The van der Waals surface area contributed by atoms with Gasteiger partial charge in [0.2, 0.25) is 10.0 Å². The summed E-state index contributed by atoms with van der Waals surface area (Å²) in [6.07, 6.45) is 1.66. The first kappa shape index (κ1) is 15.2. The largest absolute Gasteiger partial charge is 0.260 e. The number of nitrogens with zero attached hydrogens (tertiary/aromatic N) is 2. The first-order valence-electron chi connectivity index (χ1n) is 6.19. The van der Waals surface area contributed by atoms with Gasteiger partial charge in [0.15, 0.2) is 0 Å². The van der Waals surface area contributed by atoms with Crippen LogP contribution in [-0.4, -0.2) is 24.3 Å². The molecule has 0 fully saturated rings. The Labute approximate surface area is 127 Å². The molecule has 4 nitrogen and oxygen atoms in total. The number of hydrogen-bond acceptors (Lipinski definition) is 3. The summed E-state index contributed by atoms with van der Waals surface area (Å²) >= 11 is 3.30. The van der Waals surface area contributed by atoms with Crippen molar-refractivity contribution in [2.24, 2.45) is 0 Å². The summed E-state index contributed by atoms with van der Waals surface area (Å²) < 4.78 is 27.4. The standard InChI is InChI=1S/C14H15BrN2O2S/c1-2-17(11-13-5-3-4-10-16-13)20(18,19)14-8-6-12(15)7-9-14/h3-10H,2,11H2,1H3. The third kappa shape index (κ3) is 3.45. The van der Waals surface area contributed by atoms with E-state index in [1.807, 2.05) is 25.1 Å². The van der Waals surface area contributed by atoms with Crippen LogP contribution in [0.1, 0.15) is 12.6 Å². The maximum absolute atomic E-state index is 12.6. The maximum atomic E-state index is 12.6. The smallest absolute Gasteiger partial charge is 0.243 e. The Bertz CT molecular complexity index is 657. The van der Waals surface area contributed by atoms with E-state index in [1.54, 1.807) is 30.5 Å². The minimum atomic E-state index is -3.49. The van der Waals surface area contributed by atoms with Gasteiger partial charge in [-0.3, -0.25) is 4.98 Å². The van der Waals surface area contributed by atoms with Crippen LogP contribution >= 0.6 is 15.9 Å². The van der Waals surface area contributed by atoms with Gasteiger partial charge in [-0.05, 0) is 36.4 Å². The quantitative estimate of drug-likeness (QED) is 0.828. The molecule has 0 radical (unpaired) electrons. The fourth-order valence-corrected chi connectivity index (χ4v) is 3.48. The van der Waals surface area contributed by atoms with E-state index in [4.69, 9.17) is 0 Å². The number of aromatic nitrogens is 1. The van der Waals surface area contributed by atoms with Crippen molar-refractivity contribution in [3.63, 3.8) is 0 Å². The molecular weight excluding hydrogens is 340 g/mol. The zero-order valence-electron chi connectivity index (χ0n) is 11.0. The van der Waals surface area contributed by atoms with Gasteiger partial charge in [0.05, 0.1) is 17.1 Å². The van der Waals surface area contributed by atoms with Gasteiger partial charge in [-0.1, -0.05) is 28.9 Å². The van der Waals surface area contributed by atoms with Crippen LogP contribution in [0, 0.1) is 0 Å². The van der Waals surface area contributed by atoms with Gasteiger partial charge >= 0.3 is 0 Å². The van der Waals surface area contributed by atoms with E-state index < -0.39 is 10.0 Å². The van der Waals surface area contributed by atoms with Gasteiger partial charge in [0, 0.05) is 17.2 Å². The van der Waals surface area contributed by atoms with Crippen molar-refractivity contribution in [2.45, 2.75) is 18.4 Å². The molecule has 0 amide bonds. The lowest BCUT2D eigenvalue weighted by molar-refractivity contribution is 0.419. The van der Waals surface area contributed by atoms with Crippen molar-refractivity contribution >= 4 is 26.0 Å².